The Balaban J connectivity index is 4.56. The molecule has 0 fully saturated rings. The van der Waals surface area contributed by atoms with Gasteiger partial charge in [0.15, 0.2) is 0 Å². The van der Waals surface area contributed by atoms with Gasteiger partial charge in [-0.15, -0.1) is 0 Å². The molecule has 0 aliphatic rings. The zero-order chi connectivity index (χ0) is 14.8. The van der Waals surface area contributed by atoms with Crippen LogP contribution in [0.25, 0.3) is 0 Å². The zero-order valence-corrected chi connectivity index (χ0v) is 14.6. The topological polar surface area (TPSA) is 0 Å². The Morgan fingerprint density at radius 1 is 0.947 bits per heavy atom. The molecular formula is C19H38. The van der Waals surface area contributed by atoms with E-state index in [1.807, 2.05) is 0 Å². The number of allylic oxidation sites excluding steroid dienone is 2. The van der Waals surface area contributed by atoms with Crippen LogP contribution in [0.4, 0.5) is 0 Å². The van der Waals surface area contributed by atoms with Gasteiger partial charge in [0.25, 0.3) is 0 Å². The molecule has 19 heavy (non-hydrogen) atoms. The van der Waals surface area contributed by atoms with Crippen molar-refractivity contribution < 1.29 is 0 Å². The van der Waals surface area contributed by atoms with Crippen LogP contribution in [-0.4, -0.2) is 0 Å². The molecule has 0 bridgehead atoms. The molecule has 0 saturated carbocycles. The quantitative estimate of drug-likeness (QED) is 0.385. The van der Waals surface area contributed by atoms with Crippen molar-refractivity contribution in [3.63, 3.8) is 0 Å². The second-order valence-electron chi connectivity index (χ2n) is 6.88. The zero-order valence-electron chi connectivity index (χ0n) is 14.6. The highest BCUT2D eigenvalue weighted by Crippen LogP contribution is 2.36. The van der Waals surface area contributed by atoms with E-state index in [2.05, 4.69) is 60.6 Å². The van der Waals surface area contributed by atoms with Crippen molar-refractivity contribution in [2.24, 2.45) is 29.6 Å². The largest absolute Gasteiger partial charge is 0.0917 e. The van der Waals surface area contributed by atoms with Crippen LogP contribution in [0.5, 0.6) is 0 Å². The normalized spacial score (nSPS) is 18.7. The van der Waals surface area contributed by atoms with Crippen LogP contribution in [0.1, 0.15) is 80.6 Å². The van der Waals surface area contributed by atoms with Crippen molar-refractivity contribution in [1.82, 2.24) is 0 Å². The Labute approximate surface area is 123 Å². The van der Waals surface area contributed by atoms with Crippen molar-refractivity contribution in [1.29, 1.82) is 0 Å². The molecule has 4 unspecified atom stereocenters. The Bertz CT molecular complexity index is 226. The number of hydrogen-bond acceptors (Lipinski definition) is 0. The van der Waals surface area contributed by atoms with Crippen LogP contribution in [0.15, 0.2) is 12.2 Å². The van der Waals surface area contributed by atoms with E-state index in [-0.39, 0.29) is 0 Å². The van der Waals surface area contributed by atoms with E-state index < -0.39 is 0 Å². The average molecular weight is 267 g/mol. The van der Waals surface area contributed by atoms with Gasteiger partial charge in [-0.1, -0.05) is 73.0 Å². The molecule has 0 heterocycles. The summed E-state index contributed by atoms with van der Waals surface area (Å²) in [6.45, 7) is 16.6. The maximum Gasteiger partial charge on any atom is -0.0322 e. The molecule has 0 aromatic carbocycles. The van der Waals surface area contributed by atoms with E-state index in [0.717, 1.165) is 29.6 Å². The Hall–Kier alpha value is -0.260. The van der Waals surface area contributed by atoms with Crippen LogP contribution < -0.4 is 0 Å². The summed E-state index contributed by atoms with van der Waals surface area (Å²) in [6.07, 6.45) is 11.3. The van der Waals surface area contributed by atoms with E-state index in [9.17, 15) is 0 Å². The molecule has 0 aliphatic heterocycles. The standard InChI is InChI=1S/C19H38/c1-8-11-13-18(10-3)14-17(7)19(15(4)5)16(6)12-9-2/h8,11,15-19H,9-10,12-14H2,1-7H3. The summed E-state index contributed by atoms with van der Waals surface area (Å²) in [5, 5.41) is 0. The molecule has 0 N–H and O–H groups in total. The minimum atomic E-state index is 0.816. The van der Waals surface area contributed by atoms with Crippen molar-refractivity contribution >= 4 is 0 Å². The fourth-order valence-electron chi connectivity index (χ4n) is 3.96. The minimum Gasteiger partial charge on any atom is -0.0917 e. The Kier molecular flexibility index (Phi) is 10.4. The van der Waals surface area contributed by atoms with Gasteiger partial charge in [-0.2, -0.15) is 0 Å². The van der Waals surface area contributed by atoms with E-state index in [0.29, 0.717) is 0 Å². The van der Waals surface area contributed by atoms with Gasteiger partial charge in [0.05, 0.1) is 0 Å². The summed E-state index contributed by atoms with van der Waals surface area (Å²) in [5.41, 5.74) is 0. The average Bonchev–Trinajstić information content (AvgIpc) is 2.34. The molecule has 0 aromatic heterocycles. The molecule has 0 nitrogen and oxygen atoms in total. The third-order valence-electron chi connectivity index (χ3n) is 4.82. The summed E-state index contributed by atoms with van der Waals surface area (Å²) < 4.78 is 0. The molecule has 0 heteroatoms. The van der Waals surface area contributed by atoms with Gasteiger partial charge in [0, 0.05) is 0 Å². The van der Waals surface area contributed by atoms with Crippen LogP contribution in [0.2, 0.25) is 0 Å². The first kappa shape index (κ1) is 18.7. The highest BCUT2D eigenvalue weighted by Gasteiger charge is 2.27. The first-order valence-electron chi connectivity index (χ1n) is 8.58. The molecule has 0 spiro atoms. The van der Waals surface area contributed by atoms with Crippen molar-refractivity contribution in [3.05, 3.63) is 12.2 Å². The molecule has 0 radical (unpaired) electrons. The second-order valence-corrected chi connectivity index (χ2v) is 6.88. The summed E-state index contributed by atoms with van der Waals surface area (Å²) >= 11 is 0. The third-order valence-corrected chi connectivity index (χ3v) is 4.82. The maximum atomic E-state index is 2.50. The first-order valence-corrected chi connectivity index (χ1v) is 8.58. The predicted molar refractivity (Wildman–Crippen MR) is 89.4 cm³/mol. The first-order chi connectivity index (χ1) is 8.97. The molecule has 4 atom stereocenters. The van der Waals surface area contributed by atoms with Gasteiger partial charge >= 0.3 is 0 Å². The lowest BCUT2D eigenvalue weighted by atomic mass is 9.71. The lowest BCUT2D eigenvalue weighted by molar-refractivity contribution is 0.152. The molecule has 114 valence electrons. The number of rotatable bonds is 10. The van der Waals surface area contributed by atoms with Crippen LogP contribution in [0, 0.1) is 29.6 Å². The van der Waals surface area contributed by atoms with Crippen molar-refractivity contribution in [3.8, 4) is 0 Å². The molecule has 0 aromatic rings. The summed E-state index contributed by atoms with van der Waals surface area (Å²) in [6, 6.07) is 0. The van der Waals surface area contributed by atoms with Crippen LogP contribution in [0.3, 0.4) is 0 Å². The van der Waals surface area contributed by atoms with Gasteiger partial charge in [0.1, 0.15) is 0 Å². The smallest absolute Gasteiger partial charge is 0.0322 e. The van der Waals surface area contributed by atoms with E-state index >= 15 is 0 Å². The van der Waals surface area contributed by atoms with Gasteiger partial charge in [-0.3, -0.25) is 0 Å². The summed E-state index contributed by atoms with van der Waals surface area (Å²) in [5.74, 6) is 4.31. The summed E-state index contributed by atoms with van der Waals surface area (Å²) in [4.78, 5) is 0. The van der Waals surface area contributed by atoms with Gasteiger partial charge in [-0.05, 0) is 49.4 Å². The summed E-state index contributed by atoms with van der Waals surface area (Å²) in [7, 11) is 0. The van der Waals surface area contributed by atoms with Crippen LogP contribution >= 0.6 is 0 Å². The van der Waals surface area contributed by atoms with Crippen molar-refractivity contribution in [2.75, 3.05) is 0 Å². The molecule has 0 amide bonds. The lowest BCUT2D eigenvalue weighted by Gasteiger charge is -2.34. The maximum absolute atomic E-state index is 2.50. The SMILES string of the molecule is CC=CCC(CC)CC(C)C(C(C)C)C(C)CCC. The molecule has 0 rings (SSSR count). The monoisotopic (exact) mass is 266 g/mol. The van der Waals surface area contributed by atoms with Crippen LogP contribution in [-0.2, 0) is 0 Å². The minimum absolute atomic E-state index is 0.816. The Morgan fingerprint density at radius 3 is 2.00 bits per heavy atom. The van der Waals surface area contributed by atoms with E-state index in [4.69, 9.17) is 0 Å². The third kappa shape index (κ3) is 7.18. The fraction of sp³-hybridized carbons (Fsp3) is 0.895. The highest BCUT2D eigenvalue weighted by atomic mass is 14.3. The second kappa shape index (κ2) is 10.5. The number of hydrogen-bond donors (Lipinski definition) is 0. The highest BCUT2D eigenvalue weighted by molar-refractivity contribution is 4.83. The van der Waals surface area contributed by atoms with E-state index in [1.165, 1.54) is 32.1 Å². The molecule has 0 saturated heterocycles. The fourth-order valence-corrected chi connectivity index (χ4v) is 3.96. The lowest BCUT2D eigenvalue weighted by Crippen LogP contribution is -2.26. The van der Waals surface area contributed by atoms with Gasteiger partial charge in [0.2, 0.25) is 0 Å². The van der Waals surface area contributed by atoms with Gasteiger partial charge < -0.3 is 0 Å². The molecular weight excluding hydrogens is 228 g/mol. The molecule has 0 aliphatic carbocycles. The Morgan fingerprint density at radius 2 is 1.58 bits per heavy atom. The van der Waals surface area contributed by atoms with Gasteiger partial charge in [-0.25, -0.2) is 0 Å². The van der Waals surface area contributed by atoms with E-state index in [1.54, 1.807) is 0 Å². The van der Waals surface area contributed by atoms with Crippen molar-refractivity contribution in [2.45, 2.75) is 80.6 Å². The predicted octanol–water partition coefficient (Wildman–Crippen LogP) is 6.71.